The summed E-state index contributed by atoms with van der Waals surface area (Å²) in [5, 5.41) is 4.02. The van der Waals surface area contributed by atoms with Crippen LogP contribution in [0.25, 0.3) is 0 Å². The van der Waals surface area contributed by atoms with Gasteiger partial charge in [0.1, 0.15) is 0 Å². The van der Waals surface area contributed by atoms with Gasteiger partial charge in [0.2, 0.25) is 0 Å². The van der Waals surface area contributed by atoms with Crippen molar-refractivity contribution in [3.63, 3.8) is 0 Å². The number of aliphatic imine (C=N–C) groups is 1. The Bertz CT molecular complexity index is 555. The van der Waals surface area contributed by atoms with Crippen LogP contribution < -0.4 is 5.32 Å². The van der Waals surface area contributed by atoms with Gasteiger partial charge in [-0.3, -0.25) is 4.79 Å². The second-order valence-corrected chi connectivity index (χ2v) is 6.27. The molecule has 0 aliphatic carbocycles. The summed E-state index contributed by atoms with van der Waals surface area (Å²) in [6.07, 6.45) is 0. The van der Waals surface area contributed by atoms with Crippen molar-refractivity contribution in [2.75, 3.05) is 0 Å². The lowest BCUT2D eigenvalue weighted by molar-refractivity contribution is -0.113. The van der Waals surface area contributed by atoms with E-state index >= 15 is 0 Å². The van der Waals surface area contributed by atoms with E-state index in [9.17, 15) is 4.79 Å². The number of amidine groups is 1. The minimum atomic E-state index is -0.259. The second kappa shape index (κ2) is 5.21. The molecule has 0 saturated heterocycles. The predicted molar refractivity (Wildman–Crippen MR) is 81.0 cm³/mol. The first kappa shape index (κ1) is 13.9. The Morgan fingerprint density at radius 2 is 1.84 bits per heavy atom. The van der Waals surface area contributed by atoms with Gasteiger partial charge in [0, 0.05) is 0 Å². The lowest BCUT2D eigenvalue weighted by Gasteiger charge is -2.27. The van der Waals surface area contributed by atoms with Gasteiger partial charge in [0.25, 0.3) is 5.91 Å². The van der Waals surface area contributed by atoms with Crippen LogP contribution in [-0.2, 0) is 10.3 Å². The van der Waals surface area contributed by atoms with Gasteiger partial charge in [-0.1, -0.05) is 35.9 Å². The fourth-order valence-electron chi connectivity index (χ4n) is 1.87. The number of allylic oxidation sites excluding steroid dienone is 1. The molecular weight excluding hydrogens is 256 g/mol. The number of nitrogens with zero attached hydrogens (tertiary/aromatic N) is 1. The van der Waals surface area contributed by atoms with E-state index in [1.807, 2.05) is 32.0 Å². The molecule has 1 N–H and O–H groups in total. The first-order chi connectivity index (χ1) is 8.90. The molecular formula is C15H18N2OS. The number of rotatable bonds is 2. The maximum absolute atomic E-state index is 11.7. The zero-order chi connectivity index (χ0) is 14.0. The number of benzene rings is 1. The van der Waals surface area contributed by atoms with Crippen LogP contribution in [0.2, 0.25) is 0 Å². The van der Waals surface area contributed by atoms with E-state index < -0.39 is 0 Å². The number of amides is 1. The maximum atomic E-state index is 11.7. The Balaban J connectivity index is 2.17. The molecule has 0 saturated carbocycles. The molecule has 1 aliphatic heterocycles. The molecule has 4 heteroatoms. The van der Waals surface area contributed by atoms with Crippen LogP contribution in [0.3, 0.4) is 0 Å². The topological polar surface area (TPSA) is 41.5 Å². The Morgan fingerprint density at radius 3 is 2.37 bits per heavy atom. The highest BCUT2D eigenvalue weighted by atomic mass is 32.2. The second-order valence-electron chi connectivity index (χ2n) is 5.27. The molecule has 0 aromatic heterocycles. The molecule has 3 nitrogen and oxygen atoms in total. The fourth-order valence-corrected chi connectivity index (χ4v) is 2.84. The van der Waals surface area contributed by atoms with Crippen molar-refractivity contribution in [3.05, 3.63) is 46.4 Å². The number of thioether (sulfide) groups is 1. The molecule has 0 spiro atoms. The van der Waals surface area contributed by atoms with Crippen molar-refractivity contribution in [1.29, 1.82) is 0 Å². The van der Waals surface area contributed by atoms with Crippen LogP contribution in [0.1, 0.15) is 33.3 Å². The third-order valence-corrected chi connectivity index (χ3v) is 4.14. The van der Waals surface area contributed by atoms with E-state index in [1.54, 1.807) is 0 Å². The Kier molecular flexibility index (Phi) is 3.80. The predicted octanol–water partition coefficient (Wildman–Crippen LogP) is 3.43. The lowest BCUT2D eigenvalue weighted by Crippen LogP contribution is -2.39. The summed E-state index contributed by atoms with van der Waals surface area (Å²) in [6, 6.07) is 10.1. The molecule has 0 fully saturated rings. The molecule has 1 aromatic carbocycles. The lowest BCUT2D eigenvalue weighted by atomic mass is 9.95. The number of hydrogen-bond acceptors (Lipinski definition) is 3. The highest BCUT2D eigenvalue weighted by Gasteiger charge is 2.28. The molecule has 0 atom stereocenters. The molecule has 0 bridgehead atoms. The number of carbonyl (C=O) groups is 1. The fraction of sp³-hybridized carbons (Fsp3) is 0.333. The largest absolute Gasteiger partial charge is 0.355 e. The van der Waals surface area contributed by atoms with E-state index in [0.717, 1.165) is 16.0 Å². The van der Waals surface area contributed by atoms with Crippen molar-refractivity contribution in [3.8, 4) is 0 Å². The zero-order valence-electron chi connectivity index (χ0n) is 11.7. The van der Waals surface area contributed by atoms with Crippen molar-refractivity contribution < 1.29 is 4.79 Å². The minimum absolute atomic E-state index is 0.142. The van der Waals surface area contributed by atoms with Gasteiger partial charge in [0.15, 0.2) is 5.17 Å². The summed E-state index contributed by atoms with van der Waals surface area (Å²) in [4.78, 5) is 16.5. The third kappa shape index (κ3) is 3.07. The van der Waals surface area contributed by atoms with Gasteiger partial charge in [0.05, 0.1) is 10.4 Å². The van der Waals surface area contributed by atoms with Crippen LogP contribution in [-0.4, -0.2) is 11.1 Å². The summed E-state index contributed by atoms with van der Waals surface area (Å²) in [6.45, 7) is 8.02. The Morgan fingerprint density at radius 1 is 1.21 bits per heavy atom. The van der Waals surface area contributed by atoms with Gasteiger partial charge in [-0.25, -0.2) is 0 Å². The smallest absolute Gasteiger partial charge is 0.286 e. The number of hydrogen-bond donors (Lipinski definition) is 1. The summed E-state index contributed by atoms with van der Waals surface area (Å²) >= 11 is 1.42. The molecule has 1 aliphatic rings. The van der Waals surface area contributed by atoms with Crippen molar-refractivity contribution >= 4 is 22.8 Å². The van der Waals surface area contributed by atoms with E-state index in [1.165, 1.54) is 11.8 Å². The molecule has 1 heterocycles. The summed E-state index contributed by atoms with van der Waals surface area (Å²) < 4.78 is 0. The van der Waals surface area contributed by atoms with Crippen LogP contribution in [0.5, 0.6) is 0 Å². The summed E-state index contributed by atoms with van der Waals surface area (Å²) in [5.74, 6) is -0.142. The highest BCUT2D eigenvalue weighted by molar-refractivity contribution is 8.18. The number of carbonyl (C=O) groups excluding carboxylic acids is 1. The molecule has 1 amide bonds. The molecule has 100 valence electrons. The minimum Gasteiger partial charge on any atom is -0.355 e. The van der Waals surface area contributed by atoms with Gasteiger partial charge in [-0.15, -0.1) is 0 Å². The molecule has 0 radical (unpaired) electrons. The van der Waals surface area contributed by atoms with Crippen LogP contribution in [0, 0.1) is 0 Å². The Hall–Kier alpha value is -1.55. The summed E-state index contributed by atoms with van der Waals surface area (Å²) in [7, 11) is 0. The monoisotopic (exact) mass is 274 g/mol. The SMILES string of the molecule is CC(C)=C1SC(NC(C)(C)c2ccccc2)=NC1=O. The normalized spacial score (nSPS) is 15.5. The quantitative estimate of drug-likeness (QED) is 0.840. The maximum Gasteiger partial charge on any atom is 0.286 e. The van der Waals surface area contributed by atoms with Gasteiger partial charge >= 0.3 is 0 Å². The van der Waals surface area contributed by atoms with E-state index in [4.69, 9.17) is 0 Å². The first-order valence-corrected chi connectivity index (χ1v) is 7.04. The molecule has 0 unspecified atom stereocenters. The van der Waals surface area contributed by atoms with Gasteiger partial charge in [-0.2, -0.15) is 4.99 Å². The average Bonchev–Trinajstić information content (AvgIpc) is 2.71. The molecule has 2 rings (SSSR count). The Labute approximate surface area is 118 Å². The highest BCUT2D eigenvalue weighted by Crippen LogP contribution is 2.30. The van der Waals surface area contributed by atoms with Crippen molar-refractivity contribution in [2.45, 2.75) is 33.2 Å². The van der Waals surface area contributed by atoms with Crippen molar-refractivity contribution in [2.24, 2.45) is 4.99 Å². The van der Waals surface area contributed by atoms with Crippen LogP contribution in [0.15, 0.2) is 45.8 Å². The average molecular weight is 274 g/mol. The van der Waals surface area contributed by atoms with E-state index in [2.05, 4.69) is 36.3 Å². The van der Waals surface area contributed by atoms with E-state index in [0.29, 0.717) is 5.17 Å². The van der Waals surface area contributed by atoms with Gasteiger partial charge < -0.3 is 5.32 Å². The van der Waals surface area contributed by atoms with Crippen molar-refractivity contribution in [1.82, 2.24) is 5.32 Å². The van der Waals surface area contributed by atoms with Crippen LogP contribution in [0.4, 0.5) is 0 Å². The van der Waals surface area contributed by atoms with Gasteiger partial charge in [-0.05, 0) is 45.0 Å². The molecule has 1 aromatic rings. The zero-order valence-corrected chi connectivity index (χ0v) is 12.5. The van der Waals surface area contributed by atoms with Crippen LogP contribution >= 0.6 is 11.8 Å². The third-order valence-electron chi connectivity index (χ3n) is 2.97. The molecule has 19 heavy (non-hydrogen) atoms. The first-order valence-electron chi connectivity index (χ1n) is 6.22. The van der Waals surface area contributed by atoms with E-state index in [-0.39, 0.29) is 11.4 Å². The number of nitrogens with one attached hydrogen (secondary N) is 1. The standard InChI is InChI=1S/C15H18N2OS/c1-10(2)12-13(18)16-14(19-12)17-15(3,4)11-8-6-5-7-9-11/h5-9H,1-4H3,(H,16,17,18). The summed E-state index contributed by atoms with van der Waals surface area (Å²) in [5.41, 5.74) is 1.91.